The molecule has 0 unspecified atom stereocenters. The SMILES string of the molecule is CN(C)CCc1ccc(N)c2[nH]ncc12. The molecule has 0 fully saturated rings. The van der Waals surface area contributed by atoms with Crippen LogP contribution in [0.1, 0.15) is 5.56 Å². The molecule has 0 bridgehead atoms. The highest BCUT2D eigenvalue weighted by Crippen LogP contribution is 2.22. The minimum atomic E-state index is 0.760. The number of anilines is 1. The molecular formula is C11H16N4. The predicted octanol–water partition coefficient (Wildman–Crippen LogP) is 1.25. The summed E-state index contributed by atoms with van der Waals surface area (Å²) in [6, 6.07) is 4.02. The molecule has 4 heteroatoms. The molecule has 4 nitrogen and oxygen atoms in total. The number of aromatic nitrogens is 2. The van der Waals surface area contributed by atoms with Crippen molar-refractivity contribution in [1.82, 2.24) is 15.1 Å². The van der Waals surface area contributed by atoms with Crippen LogP contribution in [0.2, 0.25) is 0 Å². The van der Waals surface area contributed by atoms with Crippen molar-refractivity contribution in [3.63, 3.8) is 0 Å². The van der Waals surface area contributed by atoms with Gasteiger partial charge in [0, 0.05) is 11.9 Å². The van der Waals surface area contributed by atoms with Gasteiger partial charge >= 0.3 is 0 Å². The summed E-state index contributed by atoms with van der Waals surface area (Å²) in [5.74, 6) is 0. The van der Waals surface area contributed by atoms with E-state index in [0.717, 1.165) is 29.6 Å². The lowest BCUT2D eigenvalue weighted by atomic mass is 10.1. The van der Waals surface area contributed by atoms with Gasteiger partial charge in [0.05, 0.1) is 17.4 Å². The standard InChI is InChI=1S/C11H16N4/c1-15(2)6-5-8-3-4-10(12)11-9(8)7-13-14-11/h3-4,7H,5-6,12H2,1-2H3,(H,13,14). The van der Waals surface area contributed by atoms with Crippen LogP contribution in [0.4, 0.5) is 5.69 Å². The van der Waals surface area contributed by atoms with Crippen LogP contribution in [0.5, 0.6) is 0 Å². The Bertz CT molecular complexity index is 459. The fraction of sp³-hybridized carbons (Fsp3) is 0.364. The van der Waals surface area contributed by atoms with Crippen LogP contribution in [-0.2, 0) is 6.42 Å². The van der Waals surface area contributed by atoms with Crippen molar-refractivity contribution in [2.75, 3.05) is 26.4 Å². The molecule has 0 aliphatic heterocycles. The first-order valence-corrected chi connectivity index (χ1v) is 5.03. The average Bonchev–Trinajstić information content (AvgIpc) is 2.66. The van der Waals surface area contributed by atoms with Crippen LogP contribution in [0.15, 0.2) is 18.3 Å². The summed E-state index contributed by atoms with van der Waals surface area (Å²) >= 11 is 0. The molecule has 0 aliphatic rings. The maximum atomic E-state index is 5.84. The first-order chi connectivity index (χ1) is 7.18. The summed E-state index contributed by atoms with van der Waals surface area (Å²) in [4.78, 5) is 2.17. The molecule has 0 amide bonds. The maximum Gasteiger partial charge on any atom is 0.0882 e. The van der Waals surface area contributed by atoms with Crippen LogP contribution in [-0.4, -0.2) is 35.7 Å². The number of hydrogen-bond acceptors (Lipinski definition) is 3. The van der Waals surface area contributed by atoms with Crippen LogP contribution in [0.3, 0.4) is 0 Å². The summed E-state index contributed by atoms with van der Waals surface area (Å²) in [5.41, 5.74) is 8.85. The van der Waals surface area contributed by atoms with E-state index in [4.69, 9.17) is 5.73 Å². The van der Waals surface area contributed by atoms with Crippen LogP contribution in [0, 0.1) is 0 Å². The average molecular weight is 204 g/mol. The Morgan fingerprint density at radius 1 is 1.40 bits per heavy atom. The molecule has 1 heterocycles. The van der Waals surface area contributed by atoms with Crippen molar-refractivity contribution in [3.8, 4) is 0 Å². The fourth-order valence-corrected chi connectivity index (χ4v) is 1.68. The number of fused-ring (bicyclic) bond motifs is 1. The van der Waals surface area contributed by atoms with Gasteiger partial charge < -0.3 is 10.6 Å². The van der Waals surface area contributed by atoms with E-state index in [2.05, 4.69) is 35.3 Å². The zero-order valence-electron chi connectivity index (χ0n) is 9.12. The zero-order valence-corrected chi connectivity index (χ0v) is 9.12. The molecule has 0 radical (unpaired) electrons. The Morgan fingerprint density at radius 3 is 2.93 bits per heavy atom. The third-order valence-corrected chi connectivity index (χ3v) is 2.57. The van der Waals surface area contributed by atoms with Gasteiger partial charge in [-0.2, -0.15) is 5.10 Å². The Hall–Kier alpha value is -1.55. The van der Waals surface area contributed by atoms with Gasteiger partial charge in [-0.1, -0.05) is 6.07 Å². The summed E-state index contributed by atoms with van der Waals surface area (Å²) < 4.78 is 0. The van der Waals surface area contributed by atoms with E-state index in [1.54, 1.807) is 0 Å². The minimum Gasteiger partial charge on any atom is -0.397 e. The lowest BCUT2D eigenvalue weighted by molar-refractivity contribution is 0.414. The van der Waals surface area contributed by atoms with Gasteiger partial charge in [0.15, 0.2) is 0 Å². The van der Waals surface area contributed by atoms with Gasteiger partial charge in [-0.05, 0) is 32.1 Å². The minimum absolute atomic E-state index is 0.760. The second-order valence-corrected chi connectivity index (χ2v) is 4.03. The van der Waals surface area contributed by atoms with Gasteiger partial charge in [-0.3, -0.25) is 5.10 Å². The molecule has 1 aromatic carbocycles. The largest absolute Gasteiger partial charge is 0.397 e. The highest BCUT2D eigenvalue weighted by molar-refractivity contribution is 5.91. The van der Waals surface area contributed by atoms with E-state index in [9.17, 15) is 0 Å². The van der Waals surface area contributed by atoms with Gasteiger partial charge in [0.1, 0.15) is 0 Å². The smallest absolute Gasteiger partial charge is 0.0882 e. The zero-order chi connectivity index (χ0) is 10.8. The molecule has 0 aliphatic carbocycles. The lowest BCUT2D eigenvalue weighted by Crippen LogP contribution is -2.15. The van der Waals surface area contributed by atoms with Crippen molar-refractivity contribution in [2.24, 2.45) is 0 Å². The monoisotopic (exact) mass is 204 g/mol. The molecular weight excluding hydrogens is 188 g/mol. The highest BCUT2D eigenvalue weighted by atomic mass is 15.1. The number of nitrogens with zero attached hydrogens (tertiary/aromatic N) is 2. The summed E-state index contributed by atoms with van der Waals surface area (Å²) in [6.45, 7) is 1.03. The third kappa shape index (κ3) is 1.94. The molecule has 80 valence electrons. The van der Waals surface area contributed by atoms with Gasteiger partial charge in [0.2, 0.25) is 0 Å². The van der Waals surface area contributed by atoms with E-state index in [0.29, 0.717) is 0 Å². The predicted molar refractivity (Wildman–Crippen MR) is 62.8 cm³/mol. The summed E-state index contributed by atoms with van der Waals surface area (Å²) in [5, 5.41) is 8.09. The molecule has 15 heavy (non-hydrogen) atoms. The number of nitrogen functional groups attached to an aromatic ring is 1. The second-order valence-electron chi connectivity index (χ2n) is 4.03. The number of H-pyrrole nitrogens is 1. The van der Waals surface area contributed by atoms with E-state index in [1.165, 1.54) is 5.56 Å². The molecule has 0 saturated heterocycles. The number of nitrogens with two attached hydrogens (primary N) is 1. The Balaban J connectivity index is 2.35. The number of rotatable bonds is 3. The summed E-state index contributed by atoms with van der Waals surface area (Å²) in [6.07, 6.45) is 2.86. The van der Waals surface area contributed by atoms with E-state index in [-0.39, 0.29) is 0 Å². The topological polar surface area (TPSA) is 57.9 Å². The summed E-state index contributed by atoms with van der Waals surface area (Å²) in [7, 11) is 4.15. The van der Waals surface area contributed by atoms with E-state index in [1.807, 2.05) is 12.3 Å². The fourth-order valence-electron chi connectivity index (χ4n) is 1.68. The van der Waals surface area contributed by atoms with Crippen molar-refractivity contribution >= 4 is 16.6 Å². The molecule has 2 rings (SSSR count). The van der Waals surface area contributed by atoms with Gasteiger partial charge in [-0.25, -0.2) is 0 Å². The normalized spacial score (nSPS) is 11.4. The number of hydrogen-bond donors (Lipinski definition) is 2. The second kappa shape index (κ2) is 3.90. The number of likely N-dealkylation sites (N-methyl/N-ethyl adjacent to an activating group) is 1. The molecule has 2 aromatic rings. The van der Waals surface area contributed by atoms with Crippen LogP contribution in [0.25, 0.3) is 10.9 Å². The van der Waals surface area contributed by atoms with Gasteiger partial charge in [-0.15, -0.1) is 0 Å². The van der Waals surface area contributed by atoms with Crippen molar-refractivity contribution in [2.45, 2.75) is 6.42 Å². The van der Waals surface area contributed by atoms with Crippen molar-refractivity contribution in [1.29, 1.82) is 0 Å². The number of benzene rings is 1. The molecule has 1 aromatic heterocycles. The number of aromatic amines is 1. The molecule has 0 spiro atoms. The Kier molecular flexibility index (Phi) is 2.60. The molecule has 3 N–H and O–H groups in total. The maximum absolute atomic E-state index is 5.84. The van der Waals surface area contributed by atoms with Crippen molar-refractivity contribution < 1.29 is 0 Å². The van der Waals surface area contributed by atoms with Crippen LogP contribution >= 0.6 is 0 Å². The first-order valence-electron chi connectivity index (χ1n) is 5.03. The van der Waals surface area contributed by atoms with Crippen LogP contribution < -0.4 is 5.73 Å². The van der Waals surface area contributed by atoms with E-state index < -0.39 is 0 Å². The lowest BCUT2D eigenvalue weighted by Gasteiger charge is -2.10. The first kappa shape index (κ1) is 9.98. The molecule has 0 atom stereocenters. The third-order valence-electron chi connectivity index (χ3n) is 2.57. The van der Waals surface area contributed by atoms with Gasteiger partial charge in [0.25, 0.3) is 0 Å². The Labute approximate surface area is 89.1 Å². The molecule has 0 saturated carbocycles. The highest BCUT2D eigenvalue weighted by Gasteiger charge is 2.05. The quantitative estimate of drug-likeness (QED) is 0.740. The van der Waals surface area contributed by atoms with Crippen molar-refractivity contribution in [3.05, 3.63) is 23.9 Å². The Morgan fingerprint density at radius 2 is 2.20 bits per heavy atom. The number of nitrogens with one attached hydrogen (secondary N) is 1. The van der Waals surface area contributed by atoms with E-state index >= 15 is 0 Å².